The molecule has 2 N–H and O–H groups in total. The second-order valence-corrected chi connectivity index (χ2v) is 8.83. The summed E-state index contributed by atoms with van der Waals surface area (Å²) in [5.74, 6) is -0.171. The summed E-state index contributed by atoms with van der Waals surface area (Å²) in [4.78, 5) is 40.1. The Labute approximate surface area is 188 Å². The van der Waals surface area contributed by atoms with Crippen molar-refractivity contribution in [2.24, 2.45) is 5.92 Å². The van der Waals surface area contributed by atoms with Gasteiger partial charge in [-0.3, -0.25) is 14.4 Å². The Morgan fingerprint density at radius 1 is 1.12 bits per heavy atom. The summed E-state index contributed by atoms with van der Waals surface area (Å²) >= 11 is 0. The number of nitrogens with one attached hydrogen (secondary N) is 1. The Morgan fingerprint density at radius 3 is 2.59 bits per heavy atom. The molecule has 7 heteroatoms. The summed E-state index contributed by atoms with van der Waals surface area (Å²) in [6.07, 6.45) is 7.51. The molecule has 1 fully saturated rings. The van der Waals surface area contributed by atoms with Crippen LogP contribution in [-0.2, 0) is 30.7 Å². The lowest BCUT2D eigenvalue weighted by atomic mass is 9.95. The zero-order chi connectivity index (χ0) is 22.5. The molecule has 0 saturated heterocycles. The molecule has 0 radical (unpaired) electrons. The third kappa shape index (κ3) is 4.93. The highest BCUT2D eigenvalue weighted by molar-refractivity contribution is 5.95. The minimum Gasteiger partial charge on any atom is -0.387 e. The third-order valence-corrected chi connectivity index (χ3v) is 6.69. The lowest BCUT2D eigenvalue weighted by molar-refractivity contribution is -0.135. The highest BCUT2D eigenvalue weighted by atomic mass is 16.3. The van der Waals surface area contributed by atoms with Gasteiger partial charge in [0.1, 0.15) is 12.2 Å². The topological polar surface area (TPSA) is 91.6 Å². The van der Waals surface area contributed by atoms with E-state index in [0.29, 0.717) is 44.9 Å². The highest BCUT2D eigenvalue weighted by Crippen LogP contribution is 2.24. The van der Waals surface area contributed by atoms with Crippen molar-refractivity contribution in [3.8, 4) is 0 Å². The fourth-order valence-corrected chi connectivity index (χ4v) is 4.86. The van der Waals surface area contributed by atoms with Gasteiger partial charge in [0.05, 0.1) is 0 Å². The number of carbonyl (C=O) groups excluding carboxylic acids is 2. The molecule has 2 amide bonds. The third-order valence-electron chi connectivity index (χ3n) is 6.69. The van der Waals surface area contributed by atoms with Crippen molar-refractivity contribution in [3.63, 3.8) is 0 Å². The number of aryl methyl sites for hydroxylation is 2. The average molecular weight is 438 g/mol. The molecule has 2 heterocycles. The van der Waals surface area contributed by atoms with Crippen LogP contribution in [0, 0.1) is 5.92 Å². The number of aliphatic hydroxyl groups is 1. The zero-order valence-corrected chi connectivity index (χ0v) is 18.4. The van der Waals surface area contributed by atoms with Crippen molar-refractivity contribution < 1.29 is 14.7 Å². The van der Waals surface area contributed by atoms with Crippen LogP contribution in [0.2, 0.25) is 0 Å². The maximum Gasteiger partial charge on any atom is 0.263 e. The van der Waals surface area contributed by atoms with Gasteiger partial charge < -0.3 is 19.9 Å². The van der Waals surface area contributed by atoms with Crippen LogP contribution in [0.25, 0.3) is 0 Å². The predicted molar refractivity (Wildman–Crippen MR) is 121 cm³/mol. The molecule has 1 aliphatic heterocycles. The fourth-order valence-electron chi connectivity index (χ4n) is 4.86. The van der Waals surface area contributed by atoms with Crippen LogP contribution in [0.5, 0.6) is 0 Å². The van der Waals surface area contributed by atoms with Crippen LogP contribution in [0.1, 0.15) is 52.7 Å². The van der Waals surface area contributed by atoms with Crippen molar-refractivity contribution in [3.05, 3.63) is 69.1 Å². The number of pyridine rings is 1. The SMILES string of the molecule is O=C(NCC1CCCC1)c1c2c(cn(CCc3ccccc3)c1=O)CN(C(=O)CO)CC2. The van der Waals surface area contributed by atoms with E-state index in [9.17, 15) is 19.5 Å². The Morgan fingerprint density at radius 2 is 1.88 bits per heavy atom. The minimum atomic E-state index is -0.544. The molecule has 1 aromatic carbocycles. The quantitative estimate of drug-likeness (QED) is 0.692. The van der Waals surface area contributed by atoms with E-state index in [-0.39, 0.29) is 22.9 Å². The molecule has 2 aromatic rings. The van der Waals surface area contributed by atoms with Gasteiger partial charge in [-0.2, -0.15) is 0 Å². The molecule has 1 saturated carbocycles. The lowest BCUT2D eigenvalue weighted by Crippen LogP contribution is -2.42. The van der Waals surface area contributed by atoms with Crippen molar-refractivity contribution in [2.45, 2.75) is 51.6 Å². The van der Waals surface area contributed by atoms with Gasteiger partial charge in [-0.25, -0.2) is 0 Å². The molecule has 170 valence electrons. The summed E-state index contributed by atoms with van der Waals surface area (Å²) in [5, 5.41) is 12.3. The molecule has 1 aromatic heterocycles. The fraction of sp³-hybridized carbons (Fsp3) is 0.480. The van der Waals surface area contributed by atoms with Gasteiger partial charge in [0.15, 0.2) is 0 Å². The van der Waals surface area contributed by atoms with Gasteiger partial charge in [-0.15, -0.1) is 0 Å². The van der Waals surface area contributed by atoms with E-state index < -0.39 is 6.61 Å². The first-order valence-electron chi connectivity index (χ1n) is 11.5. The van der Waals surface area contributed by atoms with E-state index >= 15 is 0 Å². The maximum atomic E-state index is 13.4. The molecule has 7 nitrogen and oxygen atoms in total. The Kier molecular flexibility index (Phi) is 7.05. The van der Waals surface area contributed by atoms with E-state index in [1.165, 1.54) is 12.8 Å². The first kappa shape index (κ1) is 22.3. The van der Waals surface area contributed by atoms with E-state index in [0.717, 1.165) is 29.5 Å². The maximum absolute atomic E-state index is 13.4. The Hall–Kier alpha value is -2.93. The monoisotopic (exact) mass is 437 g/mol. The van der Waals surface area contributed by atoms with Crippen LogP contribution in [0.3, 0.4) is 0 Å². The second-order valence-electron chi connectivity index (χ2n) is 8.83. The largest absolute Gasteiger partial charge is 0.387 e. The summed E-state index contributed by atoms with van der Waals surface area (Å²) in [6, 6.07) is 9.91. The van der Waals surface area contributed by atoms with Gasteiger partial charge >= 0.3 is 0 Å². The number of carbonyl (C=O) groups is 2. The number of aromatic nitrogens is 1. The first-order chi connectivity index (χ1) is 15.6. The Balaban J connectivity index is 1.62. The van der Waals surface area contributed by atoms with E-state index in [4.69, 9.17) is 0 Å². The van der Waals surface area contributed by atoms with Gasteiger partial charge in [0.25, 0.3) is 11.5 Å². The summed E-state index contributed by atoms with van der Waals surface area (Å²) in [6.45, 7) is 1.19. The predicted octanol–water partition coefficient (Wildman–Crippen LogP) is 1.89. The van der Waals surface area contributed by atoms with Gasteiger partial charge in [0, 0.05) is 32.4 Å². The summed E-state index contributed by atoms with van der Waals surface area (Å²) in [5.41, 5.74) is 2.59. The number of benzene rings is 1. The molecule has 0 unspecified atom stereocenters. The van der Waals surface area contributed by atoms with Gasteiger partial charge in [-0.05, 0) is 48.3 Å². The number of aliphatic hydroxyl groups excluding tert-OH is 1. The van der Waals surface area contributed by atoms with Crippen LogP contribution in [0.15, 0.2) is 41.3 Å². The van der Waals surface area contributed by atoms with Crippen molar-refractivity contribution in [1.29, 1.82) is 0 Å². The average Bonchev–Trinajstić information content (AvgIpc) is 3.35. The number of fused-ring (bicyclic) bond motifs is 1. The van der Waals surface area contributed by atoms with Crippen LogP contribution in [-0.4, -0.2) is 46.1 Å². The molecule has 0 bridgehead atoms. The summed E-state index contributed by atoms with van der Waals surface area (Å²) in [7, 11) is 0. The van der Waals surface area contributed by atoms with Crippen molar-refractivity contribution >= 4 is 11.8 Å². The molecule has 1 aliphatic carbocycles. The van der Waals surface area contributed by atoms with Crippen molar-refractivity contribution in [2.75, 3.05) is 19.7 Å². The van der Waals surface area contributed by atoms with Crippen molar-refractivity contribution in [1.82, 2.24) is 14.8 Å². The number of amides is 2. The van der Waals surface area contributed by atoms with Gasteiger partial charge in [-0.1, -0.05) is 43.2 Å². The van der Waals surface area contributed by atoms with Crippen LogP contribution < -0.4 is 10.9 Å². The first-order valence-corrected chi connectivity index (χ1v) is 11.5. The smallest absolute Gasteiger partial charge is 0.263 e. The standard InChI is InChI=1S/C25H31N3O4/c29-17-22(30)27-13-11-21-20(15-27)16-28(12-10-18-6-2-1-3-7-18)25(32)23(21)24(31)26-14-19-8-4-5-9-19/h1-3,6-7,16,19,29H,4-5,8-15,17H2,(H,26,31). The number of hydrogen-bond acceptors (Lipinski definition) is 4. The van der Waals surface area contributed by atoms with Crippen LogP contribution >= 0.6 is 0 Å². The number of hydrogen-bond donors (Lipinski definition) is 2. The normalized spacial score (nSPS) is 16.1. The lowest BCUT2D eigenvalue weighted by Gasteiger charge is -2.30. The van der Waals surface area contributed by atoms with Crippen LogP contribution in [0.4, 0.5) is 0 Å². The molecule has 0 atom stereocenters. The van der Waals surface area contributed by atoms with E-state index in [2.05, 4.69) is 5.32 Å². The molecule has 4 rings (SSSR count). The van der Waals surface area contributed by atoms with E-state index in [1.807, 2.05) is 30.3 Å². The van der Waals surface area contributed by atoms with E-state index in [1.54, 1.807) is 15.7 Å². The summed E-state index contributed by atoms with van der Waals surface area (Å²) < 4.78 is 1.60. The molecular formula is C25H31N3O4. The minimum absolute atomic E-state index is 0.213. The highest BCUT2D eigenvalue weighted by Gasteiger charge is 2.28. The van der Waals surface area contributed by atoms with Gasteiger partial charge in [0.2, 0.25) is 5.91 Å². The molecule has 32 heavy (non-hydrogen) atoms. The molecule has 2 aliphatic rings. The number of rotatable bonds is 7. The molecular weight excluding hydrogens is 406 g/mol. The molecule has 0 spiro atoms. The number of nitrogens with zero attached hydrogens (tertiary/aromatic N) is 2. The second kappa shape index (κ2) is 10.1. The Bertz CT molecular complexity index is 1030. The zero-order valence-electron chi connectivity index (χ0n) is 18.4.